The molecule has 0 unspecified atom stereocenters. The van der Waals surface area contributed by atoms with Gasteiger partial charge in [-0.2, -0.15) is 0 Å². The molecule has 7 heteroatoms. The molecule has 0 bridgehead atoms. The van der Waals surface area contributed by atoms with Crippen LogP contribution in [0.2, 0.25) is 0 Å². The normalized spacial score (nSPS) is 10.5. The van der Waals surface area contributed by atoms with Gasteiger partial charge in [-0.1, -0.05) is 18.2 Å². The first-order chi connectivity index (χ1) is 12.1. The predicted octanol–water partition coefficient (Wildman–Crippen LogP) is 2.35. The maximum absolute atomic E-state index is 13.6. The maximum Gasteiger partial charge on any atom is 0.270 e. The van der Waals surface area contributed by atoms with Crippen LogP contribution in [0.5, 0.6) is 0 Å². The molecule has 2 N–H and O–H groups in total. The molecule has 25 heavy (non-hydrogen) atoms. The fourth-order valence-corrected chi connectivity index (χ4v) is 2.28. The summed E-state index contributed by atoms with van der Waals surface area (Å²) in [7, 11) is 1.62. The van der Waals surface area contributed by atoms with Gasteiger partial charge in [0.1, 0.15) is 11.5 Å². The number of hydrogen-bond donors (Lipinski definition) is 2. The Bertz CT molecular complexity index is 709. The van der Waals surface area contributed by atoms with Gasteiger partial charge in [0.15, 0.2) is 0 Å². The molecule has 0 fully saturated rings. The number of anilines is 1. The van der Waals surface area contributed by atoms with E-state index in [4.69, 9.17) is 4.74 Å². The molecule has 0 atom stereocenters. The highest BCUT2D eigenvalue weighted by Crippen LogP contribution is 2.09. The number of nitrogens with one attached hydrogen (secondary N) is 2. The standard InChI is InChI=1S/C18H23FN4O2/c1-13-12-16(17(24)20-9-5-11-25-2)23-18(22-13)21-10-8-14-6-3-4-7-15(14)19/h3-4,6-7,12H,5,8-11H2,1-2H3,(H,20,24)(H,21,22,23). The first kappa shape index (κ1) is 18.8. The number of carbonyl (C=O) groups is 1. The molecule has 6 nitrogen and oxygen atoms in total. The highest BCUT2D eigenvalue weighted by Gasteiger charge is 2.10. The number of rotatable bonds is 9. The predicted molar refractivity (Wildman–Crippen MR) is 94.2 cm³/mol. The van der Waals surface area contributed by atoms with E-state index < -0.39 is 0 Å². The van der Waals surface area contributed by atoms with Crippen molar-refractivity contribution in [1.29, 1.82) is 0 Å². The molecule has 2 rings (SSSR count). The zero-order chi connectivity index (χ0) is 18.1. The Morgan fingerprint density at radius 2 is 2.04 bits per heavy atom. The molecule has 0 aliphatic rings. The van der Waals surface area contributed by atoms with Crippen molar-refractivity contribution < 1.29 is 13.9 Å². The molecule has 134 valence electrons. The van der Waals surface area contributed by atoms with Crippen LogP contribution in [0.4, 0.5) is 10.3 Å². The Labute approximate surface area is 146 Å². The van der Waals surface area contributed by atoms with Crippen molar-refractivity contribution in [3.05, 3.63) is 53.1 Å². The number of benzene rings is 1. The van der Waals surface area contributed by atoms with Crippen LogP contribution >= 0.6 is 0 Å². The number of halogens is 1. The molecule has 0 aliphatic heterocycles. The first-order valence-corrected chi connectivity index (χ1v) is 8.20. The summed E-state index contributed by atoms with van der Waals surface area (Å²) in [6.45, 7) is 3.38. The van der Waals surface area contributed by atoms with Gasteiger partial charge in [0, 0.05) is 32.5 Å². The lowest BCUT2D eigenvalue weighted by Crippen LogP contribution is -2.26. The van der Waals surface area contributed by atoms with Crippen LogP contribution in [0, 0.1) is 12.7 Å². The highest BCUT2D eigenvalue weighted by molar-refractivity contribution is 5.92. The summed E-state index contributed by atoms with van der Waals surface area (Å²) in [6.07, 6.45) is 1.24. The Morgan fingerprint density at radius 1 is 1.24 bits per heavy atom. The molecule has 1 aromatic heterocycles. The number of carbonyl (C=O) groups excluding carboxylic acids is 1. The summed E-state index contributed by atoms with van der Waals surface area (Å²) < 4.78 is 18.5. The van der Waals surface area contributed by atoms with Crippen LogP contribution in [-0.2, 0) is 11.2 Å². The number of methoxy groups -OCH3 is 1. The third-order valence-electron chi connectivity index (χ3n) is 3.53. The van der Waals surface area contributed by atoms with Gasteiger partial charge in [-0.15, -0.1) is 0 Å². The van der Waals surface area contributed by atoms with E-state index in [9.17, 15) is 9.18 Å². The minimum absolute atomic E-state index is 0.231. The van der Waals surface area contributed by atoms with Crippen molar-refractivity contribution in [3.8, 4) is 0 Å². The Balaban J connectivity index is 1.91. The van der Waals surface area contributed by atoms with Crippen LogP contribution < -0.4 is 10.6 Å². The monoisotopic (exact) mass is 346 g/mol. The molecule has 1 aromatic carbocycles. The smallest absolute Gasteiger partial charge is 0.270 e. The molecule has 1 heterocycles. The van der Waals surface area contributed by atoms with Crippen LogP contribution in [0.15, 0.2) is 30.3 Å². The molecule has 2 aromatic rings. The number of aromatic nitrogens is 2. The molecule has 1 amide bonds. The Kier molecular flexibility index (Phi) is 7.28. The average Bonchev–Trinajstić information content (AvgIpc) is 2.60. The summed E-state index contributed by atoms with van der Waals surface area (Å²) in [5, 5.41) is 5.83. The van der Waals surface area contributed by atoms with Crippen molar-refractivity contribution in [3.63, 3.8) is 0 Å². The van der Waals surface area contributed by atoms with Gasteiger partial charge in [-0.05, 0) is 37.5 Å². The Morgan fingerprint density at radius 3 is 2.80 bits per heavy atom. The van der Waals surface area contributed by atoms with Gasteiger partial charge >= 0.3 is 0 Å². The Hall–Kier alpha value is -2.54. The minimum atomic E-state index is -0.251. The van der Waals surface area contributed by atoms with E-state index in [0.717, 1.165) is 6.42 Å². The van der Waals surface area contributed by atoms with E-state index in [-0.39, 0.29) is 11.7 Å². The number of aryl methyl sites for hydroxylation is 1. The SMILES string of the molecule is COCCCNC(=O)c1cc(C)nc(NCCc2ccccc2F)n1. The quantitative estimate of drug-likeness (QED) is 0.682. The van der Waals surface area contributed by atoms with Crippen LogP contribution in [0.25, 0.3) is 0 Å². The van der Waals surface area contributed by atoms with Crippen molar-refractivity contribution in [1.82, 2.24) is 15.3 Å². The van der Waals surface area contributed by atoms with E-state index in [1.165, 1.54) is 6.07 Å². The summed E-state index contributed by atoms with van der Waals surface area (Å²) >= 11 is 0. The number of hydrogen-bond acceptors (Lipinski definition) is 5. The molecule has 0 radical (unpaired) electrons. The highest BCUT2D eigenvalue weighted by atomic mass is 19.1. The van der Waals surface area contributed by atoms with Crippen molar-refractivity contribution in [2.45, 2.75) is 19.8 Å². The van der Waals surface area contributed by atoms with E-state index in [2.05, 4.69) is 20.6 Å². The second-order valence-electron chi connectivity index (χ2n) is 5.59. The maximum atomic E-state index is 13.6. The van der Waals surface area contributed by atoms with Crippen molar-refractivity contribution in [2.75, 3.05) is 32.1 Å². The van der Waals surface area contributed by atoms with E-state index in [0.29, 0.717) is 49.0 Å². The largest absolute Gasteiger partial charge is 0.385 e. The first-order valence-electron chi connectivity index (χ1n) is 8.20. The van der Waals surface area contributed by atoms with Crippen molar-refractivity contribution in [2.24, 2.45) is 0 Å². The van der Waals surface area contributed by atoms with Gasteiger partial charge in [0.05, 0.1) is 0 Å². The lowest BCUT2D eigenvalue weighted by atomic mass is 10.1. The van der Waals surface area contributed by atoms with E-state index in [1.807, 2.05) is 0 Å². The molecular weight excluding hydrogens is 323 g/mol. The molecule has 0 aliphatic carbocycles. The second kappa shape index (κ2) is 9.68. The van der Waals surface area contributed by atoms with E-state index in [1.54, 1.807) is 38.3 Å². The zero-order valence-electron chi connectivity index (χ0n) is 14.5. The van der Waals surface area contributed by atoms with Gasteiger partial charge in [-0.3, -0.25) is 4.79 Å². The average molecular weight is 346 g/mol. The summed E-state index contributed by atoms with van der Waals surface area (Å²) in [5.41, 5.74) is 1.61. The summed E-state index contributed by atoms with van der Waals surface area (Å²) in [6, 6.07) is 8.27. The van der Waals surface area contributed by atoms with Gasteiger partial charge < -0.3 is 15.4 Å². The minimum Gasteiger partial charge on any atom is -0.385 e. The third kappa shape index (κ3) is 6.11. The second-order valence-corrected chi connectivity index (χ2v) is 5.59. The number of amides is 1. The molecule has 0 spiro atoms. The molecule has 0 saturated carbocycles. The number of ether oxygens (including phenoxy) is 1. The summed E-state index contributed by atoms with van der Waals surface area (Å²) in [5.74, 6) is -0.122. The van der Waals surface area contributed by atoms with Gasteiger partial charge in [-0.25, -0.2) is 14.4 Å². The van der Waals surface area contributed by atoms with E-state index >= 15 is 0 Å². The molecular formula is C18H23FN4O2. The van der Waals surface area contributed by atoms with Gasteiger partial charge in [0.25, 0.3) is 5.91 Å². The van der Waals surface area contributed by atoms with Crippen LogP contribution in [0.1, 0.15) is 28.2 Å². The van der Waals surface area contributed by atoms with Gasteiger partial charge in [0.2, 0.25) is 5.95 Å². The number of nitrogens with zero attached hydrogens (tertiary/aromatic N) is 2. The van der Waals surface area contributed by atoms with Crippen LogP contribution in [0.3, 0.4) is 0 Å². The lowest BCUT2D eigenvalue weighted by Gasteiger charge is -2.09. The lowest BCUT2D eigenvalue weighted by molar-refractivity contribution is 0.0943. The third-order valence-corrected chi connectivity index (χ3v) is 3.53. The zero-order valence-corrected chi connectivity index (χ0v) is 14.5. The summed E-state index contributed by atoms with van der Waals surface area (Å²) in [4.78, 5) is 20.6. The fourth-order valence-electron chi connectivity index (χ4n) is 2.28. The molecule has 0 saturated heterocycles. The topological polar surface area (TPSA) is 76.1 Å². The fraction of sp³-hybridized carbons (Fsp3) is 0.389. The van der Waals surface area contributed by atoms with Crippen LogP contribution in [-0.4, -0.2) is 42.7 Å². The van der Waals surface area contributed by atoms with Crippen molar-refractivity contribution >= 4 is 11.9 Å².